The molecule has 2 aromatic rings. The van der Waals surface area contributed by atoms with Gasteiger partial charge in [0.25, 0.3) is 0 Å². The number of ether oxygens (including phenoxy) is 1. The van der Waals surface area contributed by atoms with Crippen LogP contribution in [0.5, 0.6) is 5.75 Å². The second kappa shape index (κ2) is 11.2. The third-order valence-corrected chi connectivity index (χ3v) is 6.17. The summed E-state index contributed by atoms with van der Waals surface area (Å²) in [6.07, 6.45) is 3.12. The molecule has 0 unspecified atom stereocenters. The zero-order valence-corrected chi connectivity index (χ0v) is 18.2. The van der Waals surface area contributed by atoms with E-state index in [9.17, 15) is 13.2 Å². The Bertz CT molecular complexity index is 904. The number of unbranched alkanes of at least 4 members (excludes halogenated alkanes) is 2. The third kappa shape index (κ3) is 7.03. The Balaban J connectivity index is 2.20. The van der Waals surface area contributed by atoms with Crippen LogP contribution in [-0.2, 0) is 21.2 Å². The van der Waals surface area contributed by atoms with Gasteiger partial charge in [-0.1, -0.05) is 61.7 Å². The van der Waals surface area contributed by atoms with E-state index in [1.54, 1.807) is 0 Å². The van der Waals surface area contributed by atoms with Gasteiger partial charge < -0.3 is 10.1 Å². The minimum absolute atomic E-state index is 0.0276. The number of nitrogens with one attached hydrogen (secondary N) is 2. The maximum absolute atomic E-state index is 12.9. The molecule has 0 aromatic heterocycles. The molecular formula is C21H27ClN2O4S. The molecule has 0 spiro atoms. The molecule has 2 rings (SSSR count). The molecule has 158 valence electrons. The lowest BCUT2D eigenvalue weighted by Crippen LogP contribution is -2.48. The SMILES string of the molecule is CCCCCNC(=O)[C@@H](Cc1ccccc1)NS(=O)(=O)c1ccc(OC)c(Cl)c1. The second-order valence-electron chi connectivity index (χ2n) is 6.66. The number of halogens is 1. The monoisotopic (exact) mass is 438 g/mol. The van der Waals surface area contributed by atoms with Gasteiger partial charge in [-0.25, -0.2) is 8.42 Å². The Morgan fingerprint density at radius 1 is 1.14 bits per heavy atom. The molecule has 0 aliphatic heterocycles. The minimum Gasteiger partial charge on any atom is -0.495 e. The fourth-order valence-corrected chi connectivity index (χ4v) is 4.36. The maximum atomic E-state index is 12.9. The highest BCUT2D eigenvalue weighted by atomic mass is 35.5. The first-order chi connectivity index (χ1) is 13.9. The number of carbonyl (C=O) groups excluding carboxylic acids is 1. The summed E-state index contributed by atoms with van der Waals surface area (Å²) < 4.78 is 33.3. The van der Waals surface area contributed by atoms with Gasteiger partial charge in [-0.2, -0.15) is 4.72 Å². The van der Waals surface area contributed by atoms with E-state index in [1.165, 1.54) is 25.3 Å². The summed E-state index contributed by atoms with van der Waals surface area (Å²) >= 11 is 6.07. The number of hydrogen-bond donors (Lipinski definition) is 2. The van der Waals surface area contributed by atoms with Crippen LogP contribution in [-0.4, -0.2) is 34.0 Å². The Hall–Kier alpha value is -2.09. The van der Waals surface area contributed by atoms with Crippen molar-refractivity contribution < 1.29 is 17.9 Å². The highest BCUT2D eigenvalue weighted by Crippen LogP contribution is 2.27. The largest absolute Gasteiger partial charge is 0.495 e. The topological polar surface area (TPSA) is 84.5 Å². The van der Waals surface area contributed by atoms with Crippen molar-refractivity contribution in [1.82, 2.24) is 10.0 Å². The van der Waals surface area contributed by atoms with Gasteiger partial charge >= 0.3 is 0 Å². The van der Waals surface area contributed by atoms with Crippen LogP contribution in [0.1, 0.15) is 31.7 Å². The molecule has 29 heavy (non-hydrogen) atoms. The number of sulfonamides is 1. The molecule has 2 N–H and O–H groups in total. The average Bonchev–Trinajstić information content (AvgIpc) is 2.71. The molecular weight excluding hydrogens is 412 g/mol. The van der Waals surface area contributed by atoms with Crippen LogP contribution in [0.3, 0.4) is 0 Å². The van der Waals surface area contributed by atoms with Crippen molar-refractivity contribution >= 4 is 27.5 Å². The standard InChI is InChI=1S/C21H27ClN2O4S/c1-3-4-8-13-23-21(25)19(14-16-9-6-5-7-10-16)24-29(26,27)17-11-12-20(28-2)18(22)15-17/h5-7,9-12,15,19,24H,3-4,8,13-14H2,1-2H3,(H,23,25)/t19-/m1/s1. The van der Waals surface area contributed by atoms with Crippen LogP contribution in [0, 0.1) is 0 Å². The molecule has 0 fully saturated rings. The minimum atomic E-state index is -3.96. The number of amides is 1. The molecule has 0 bridgehead atoms. The lowest BCUT2D eigenvalue weighted by atomic mass is 10.1. The molecule has 0 radical (unpaired) electrons. The summed E-state index contributed by atoms with van der Waals surface area (Å²) in [5, 5.41) is 3.01. The number of carbonyl (C=O) groups is 1. The van der Waals surface area contributed by atoms with Crippen molar-refractivity contribution in [2.45, 2.75) is 43.5 Å². The second-order valence-corrected chi connectivity index (χ2v) is 8.78. The van der Waals surface area contributed by atoms with Crippen LogP contribution in [0.2, 0.25) is 5.02 Å². The Labute approximate surface area is 177 Å². The van der Waals surface area contributed by atoms with Crippen molar-refractivity contribution in [1.29, 1.82) is 0 Å². The normalized spacial score (nSPS) is 12.4. The lowest BCUT2D eigenvalue weighted by Gasteiger charge is -2.19. The number of methoxy groups -OCH3 is 1. The smallest absolute Gasteiger partial charge is 0.241 e. The zero-order valence-electron chi connectivity index (χ0n) is 16.7. The quantitative estimate of drug-likeness (QED) is 0.525. The Morgan fingerprint density at radius 3 is 2.48 bits per heavy atom. The Kier molecular flexibility index (Phi) is 8.95. The highest BCUT2D eigenvalue weighted by Gasteiger charge is 2.26. The van der Waals surface area contributed by atoms with Gasteiger partial charge in [0.05, 0.1) is 17.0 Å². The Morgan fingerprint density at radius 2 is 1.86 bits per heavy atom. The zero-order chi connectivity index (χ0) is 21.3. The first kappa shape index (κ1) is 23.2. The average molecular weight is 439 g/mol. The van der Waals surface area contributed by atoms with Gasteiger partial charge in [0.2, 0.25) is 15.9 Å². The van der Waals surface area contributed by atoms with Crippen molar-refractivity contribution in [2.75, 3.05) is 13.7 Å². The van der Waals surface area contributed by atoms with E-state index in [0.29, 0.717) is 12.3 Å². The lowest BCUT2D eigenvalue weighted by molar-refractivity contribution is -0.122. The summed E-state index contributed by atoms with van der Waals surface area (Å²) in [5.41, 5.74) is 0.858. The highest BCUT2D eigenvalue weighted by molar-refractivity contribution is 7.89. The van der Waals surface area contributed by atoms with Gasteiger partial charge in [-0.05, 0) is 36.6 Å². The van der Waals surface area contributed by atoms with Crippen LogP contribution in [0.15, 0.2) is 53.4 Å². The van der Waals surface area contributed by atoms with Crippen LogP contribution >= 0.6 is 11.6 Å². The molecule has 1 amide bonds. The first-order valence-electron chi connectivity index (χ1n) is 9.55. The molecule has 0 saturated carbocycles. The van der Waals surface area contributed by atoms with E-state index < -0.39 is 16.1 Å². The van der Waals surface area contributed by atoms with E-state index in [0.717, 1.165) is 24.8 Å². The fourth-order valence-electron chi connectivity index (χ4n) is 2.82. The maximum Gasteiger partial charge on any atom is 0.241 e. The summed E-state index contributed by atoms with van der Waals surface area (Å²) in [6, 6.07) is 12.5. The van der Waals surface area contributed by atoms with Crippen molar-refractivity contribution in [3.63, 3.8) is 0 Å². The molecule has 1 atom stereocenters. The molecule has 2 aromatic carbocycles. The van der Waals surface area contributed by atoms with E-state index in [4.69, 9.17) is 16.3 Å². The van der Waals surface area contributed by atoms with Crippen LogP contribution < -0.4 is 14.8 Å². The molecule has 6 nitrogen and oxygen atoms in total. The van der Waals surface area contributed by atoms with E-state index in [1.807, 2.05) is 30.3 Å². The van der Waals surface area contributed by atoms with Crippen molar-refractivity contribution in [3.8, 4) is 5.75 Å². The van der Waals surface area contributed by atoms with Gasteiger partial charge in [0, 0.05) is 6.54 Å². The van der Waals surface area contributed by atoms with Gasteiger partial charge in [0.1, 0.15) is 11.8 Å². The third-order valence-electron chi connectivity index (χ3n) is 4.41. The van der Waals surface area contributed by atoms with Crippen LogP contribution in [0.4, 0.5) is 0 Å². The van der Waals surface area contributed by atoms with Gasteiger partial charge in [-0.3, -0.25) is 4.79 Å². The molecule has 0 heterocycles. The summed E-state index contributed by atoms with van der Waals surface area (Å²) in [5.74, 6) is 0.0215. The molecule has 0 aliphatic rings. The molecule has 0 saturated heterocycles. The van der Waals surface area contributed by atoms with Gasteiger partial charge in [-0.15, -0.1) is 0 Å². The van der Waals surface area contributed by atoms with Crippen LogP contribution in [0.25, 0.3) is 0 Å². The fraction of sp³-hybridized carbons (Fsp3) is 0.381. The summed E-state index contributed by atoms with van der Waals surface area (Å²) in [6.45, 7) is 2.59. The number of hydrogen-bond acceptors (Lipinski definition) is 4. The summed E-state index contributed by atoms with van der Waals surface area (Å²) in [7, 11) is -2.51. The van der Waals surface area contributed by atoms with Crippen molar-refractivity contribution in [2.24, 2.45) is 0 Å². The predicted octanol–water partition coefficient (Wildman–Crippen LogP) is 3.54. The van der Waals surface area contributed by atoms with E-state index in [2.05, 4.69) is 17.0 Å². The van der Waals surface area contributed by atoms with Crippen molar-refractivity contribution in [3.05, 3.63) is 59.1 Å². The summed E-state index contributed by atoms with van der Waals surface area (Å²) in [4.78, 5) is 12.7. The predicted molar refractivity (Wildman–Crippen MR) is 115 cm³/mol. The molecule has 8 heteroatoms. The number of rotatable bonds is 11. The molecule has 0 aliphatic carbocycles. The number of benzene rings is 2. The first-order valence-corrected chi connectivity index (χ1v) is 11.4. The van der Waals surface area contributed by atoms with Gasteiger partial charge in [0.15, 0.2) is 0 Å². The van der Waals surface area contributed by atoms with E-state index >= 15 is 0 Å². The van der Waals surface area contributed by atoms with E-state index in [-0.39, 0.29) is 22.2 Å².